The number of hydrogen-bond acceptors (Lipinski definition) is 1. The minimum atomic E-state index is -1.27. The highest BCUT2D eigenvalue weighted by Crippen LogP contribution is 2.28. The SMILES string of the molecule is O=Cc1ccc(C2=CC(F)=CC(F)C2)cc1. The fourth-order valence-electron chi connectivity index (χ4n) is 1.69. The van der Waals surface area contributed by atoms with Gasteiger partial charge in [0.15, 0.2) is 0 Å². The first-order chi connectivity index (χ1) is 7.69. The Morgan fingerprint density at radius 2 is 1.94 bits per heavy atom. The summed E-state index contributed by atoms with van der Waals surface area (Å²) in [5, 5.41) is 0. The fraction of sp³-hybridized carbons (Fsp3) is 0.154. The lowest BCUT2D eigenvalue weighted by atomic mass is 9.95. The van der Waals surface area contributed by atoms with Crippen molar-refractivity contribution >= 4 is 11.9 Å². The molecular formula is C13H10F2O. The van der Waals surface area contributed by atoms with Crippen LogP contribution in [0.3, 0.4) is 0 Å². The van der Waals surface area contributed by atoms with Gasteiger partial charge in [0.05, 0.1) is 0 Å². The summed E-state index contributed by atoms with van der Waals surface area (Å²) < 4.78 is 26.1. The van der Waals surface area contributed by atoms with Gasteiger partial charge in [-0.2, -0.15) is 0 Å². The predicted octanol–water partition coefficient (Wildman–Crippen LogP) is 3.48. The van der Waals surface area contributed by atoms with Gasteiger partial charge >= 0.3 is 0 Å². The van der Waals surface area contributed by atoms with Crippen molar-refractivity contribution in [2.45, 2.75) is 12.6 Å². The number of carbonyl (C=O) groups excluding carboxylic acids is 1. The Bertz CT molecular complexity index is 457. The van der Waals surface area contributed by atoms with Crippen molar-refractivity contribution in [3.8, 4) is 0 Å². The first-order valence-corrected chi connectivity index (χ1v) is 4.96. The third-order valence-corrected chi connectivity index (χ3v) is 2.48. The summed E-state index contributed by atoms with van der Waals surface area (Å²) in [5.41, 5.74) is 1.91. The zero-order chi connectivity index (χ0) is 11.5. The quantitative estimate of drug-likeness (QED) is 0.697. The summed E-state index contributed by atoms with van der Waals surface area (Å²) in [7, 11) is 0. The Kier molecular flexibility index (Phi) is 2.95. The molecule has 0 saturated carbocycles. The number of halogens is 2. The van der Waals surface area contributed by atoms with Gasteiger partial charge in [-0.25, -0.2) is 8.78 Å². The first-order valence-electron chi connectivity index (χ1n) is 4.96. The van der Waals surface area contributed by atoms with Crippen molar-refractivity contribution in [2.75, 3.05) is 0 Å². The molecule has 1 aliphatic carbocycles. The summed E-state index contributed by atoms with van der Waals surface area (Å²) in [6.45, 7) is 0. The second-order valence-corrected chi connectivity index (χ2v) is 3.68. The van der Waals surface area contributed by atoms with E-state index < -0.39 is 12.0 Å². The van der Waals surface area contributed by atoms with Gasteiger partial charge in [0.25, 0.3) is 0 Å². The van der Waals surface area contributed by atoms with Crippen LogP contribution in [0.5, 0.6) is 0 Å². The van der Waals surface area contributed by atoms with Crippen LogP contribution in [0, 0.1) is 0 Å². The summed E-state index contributed by atoms with van der Waals surface area (Å²) >= 11 is 0. The van der Waals surface area contributed by atoms with Crippen molar-refractivity contribution in [2.24, 2.45) is 0 Å². The Hall–Kier alpha value is -1.77. The number of rotatable bonds is 2. The molecular weight excluding hydrogens is 210 g/mol. The number of carbonyl (C=O) groups is 1. The van der Waals surface area contributed by atoms with E-state index in [1.807, 2.05) is 0 Å². The molecule has 16 heavy (non-hydrogen) atoms. The first kappa shape index (κ1) is 10.7. The van der Waals surface area contributed by atoms with E-state index in [1.54, 1.807) is 24.3 Å². The van der Waals surface area contributed by atoms with Crippen molar-refractivity contribution in [3.05, 3.63) is 53.4 Å². The highest BCUT2D eigenvalue weighted by atomic mass is 19.1. The monoisotopic (exact) mass is 220 g/mol. The van der Waals surface area contributed by atoms with Crippen LogP contribution >= 0.6 is 0 Å². The van der Waals surface area contributed by atoms with Gasteiger partial charge in [0.1, 0.15) is 18.3 Å². The highest BCUT2D eigenvalue weighted by molar-refractivity contribution is 5.77. The van der Waals surface area contributed by atoms with Gasteiger partial charge in [-0.15, -0.1) is 0 Å². The maximum absolute atomic E-state index is 13.1. The molecule has 3 heteroatoms. The maximum atomic E-state index is 13.1. The molecule has 0 spiro atoms. The molecule has 1 aromatic rings. The minimum Gasteiger partial charge on any atom is -0.298 e. The Balaban J connectivity index is 2.30. The number of aldehydes is 1. The second-order valence-electron chi connectivity index (χ2n) is 3.68. The molecule has 0 radical (unpaired) electrons. The smallest absolute Gasteiger partial charge is 0.150 e. The lowest BCUT2D eigenvalue weighted by Crippen LogP contribution is -2.03. The van der Waals surface area contributed by atoms with Crippen molar-refractivity contribution in [3.63, 3.8) is 0 Å². The molecule has 1 aromatic carbocycles. The Morgan fingerprint density at radius 3 is 2.50 bits per heavy atom. The predicted molar refractivity (Wildman–Crippen MR) is 58.5 cm³/mol. The molecule has 1 nitrogen and oxygen atoms in total. The number of alkyl halides is 1. The van der Waals surface area contributed by atoms with E-state index >= 15 is 0 Å². The van der Waals surface area contributed by atoms with Gasteiger partial charge in [-0.3, -0.25) is 4.79 Å². The number of hydrogen-bond donors (Lipinski definition) is 0. The zero-order valence-electron chi connectivity index (χ0n) is 8.49. The van der Waals surface area contributed by atoms with E-state index in [4.69, 9.17) is 0 Å². The zero-order valence-corrected chi connectivity index (χ0v) is 8.49. The summed E-state index contributed by atoms with van der Waals surface area (Å²) in [4.78, 5) is 10.5. The number of benzene rings is 1. The van der Waals surface area contributed by atoms with E-state index in [0.717, 1.165) is 17.9 Å². The summed E-state index contributed by atoms with van der Waals surface area (Å²) in [5.74, 6) is -0.548. The molecule has 0 aliphatic heterocycles. The van der Waals surface area contributed by atoms with Crippen molar-refractivity contribution < 1.29 is 13.6 Å². The second kappa shape index (κ2) is 4.39. The van der Waals surface area contributed by atoms with Gasteiger partial charge < -0.3 is 0 Å². The molecule has 2 rings (SSSR count). The van der Waals surface area contributed by atoms with E-state index in [1.165, 1.54) is 6.08 Å². The van der Waals surface area contributed by atoms with Crippen LogP contribution in [0.4, 0.5) is 8.78 Å². The Labute approximate surface area is 92.1 Å². The number of allylic oxidation sites excluding steroid dienone is 4. The summed E-state index contributed by atoms with van der Waals surface area (Å²) in [6.07, 6.45) is 1.92. The average Bonchev–Trinajstić information content (AvgIpc) is 2.28. The summed E-state index contributed by atoms with van der Waals surface area (Å²) in [6, 6.07) is 6.65. The topological polar surface area (TPSA) is 17.1 Å². The van der Waals surface area contributed by atoms with Gasteiger partial charge in [0.2, 0.25) is 0 Å². The molecule has 1 aliphatic rings. The lowest BCUT2D eigenvalue weighted by Gasteiger charge is -2.13. The normalized spacial score (nSPS) is 20.0. The van der Waals surface area contributed by atoms with Crippen LogP contribution in [0.25, 0.3) is 5.57 Å². The van der Waals surface area contributed by atoms with Crippen LogP contribution in [-0.2, 0) is 0 Å². The van der Waals surface area contributed by atoms with E-state index in [9.17, 15) is 13.6 Å². The maximum Gasteiger partial charge on any atom is 0.150 e. The third-order valence-electron chi connectivity index (χ3n) is 2.48. The largest absolute Gasteiger partial charge is 0.298 e. The standard InChI is InChI=1S/C13H10F2O/c14-12-5-11(6-13(15)7-12)10-3-1-9(8-16)2-4-10/h1-5,7-8,13H,6H2. The molecule has 0 amide bonds. The average molecular weight is 220 g/mol. The lowest BCUT2D eigenvalue weighted by molar-refractivity contribution is 0.112. The third kappa shape index (κ3) is 2.24. The molecule has 0 N–H and O–H groups in total. The van der Waals surface area contributed by atoms with Crippen LogP contribution in [0.1, 0.15) is 22.3 Å². The van der Waals surface area contributed by atoms with Gasteiger partial charge in [-0.1, -0.05) is 24.3 Å². The molecule has 0 bridgehead atoms. The molecule has 82 valence electrons. The van der Waals surface area contributed by atoms with Crippen molar-refractivity contribution in [1.29, 1.82) is 0 Å². The molecule has 0 aromatic heterocycles. The minimum absolute atomic E-state index is 0.174. The van der Waals surface area contributed by atoms with Crippen LogP contribution in [0.2, 0.25) is 0 Å². The molecule has 0 fully saturated rings. The molecule has 1 atom stereocenters. The van der Waals surface area contributed by atoms with Gasteiger partial charge in [0, 0.05) is 12.0 Å². The van der Waals surface area contributed by atoms with Crippen LogP contribution in [-0.4, -0.2) is 12.5 Å². The van der Waals surface area contributed by atoms with E-state index in [-0.39, 0.29) is 6.42 Å². The molecule has 0 heterocycles. The van der Waals surface area contributed by atoms with Crippen molar-refractivity contribution in [1.82, 2.24) is 0 Å². The van der Waals surface area contributed by atoms with E-state index in [2.05, 4.69) is 0 Å². The van der Waals surface area contributed by atoms with E-state index in [0.29, 0.717) is 11.1 Å². The van der Waals surface area contributed by atoms with Crippen LogP contribution in [0.15, 0.2) is 42.2 Å². The highest BCUT2D eigenvalue weighted by Gasteiger charge is 2.15. The van der Waals surface area contributed by atoms with Gasteiger partial charge in [-0.05, 0) is 23.3 Å². The Morgan fingerprint density at radius 1 is 1.25 bits per heavy atom. The van der Waals surface area contributed by atoms with Crippen LogP contribution < -0.4 is 0 Å². The fourth-order valence-corrected chi connectivity index (χ4v) is 1.69. The molecule has 0 saturated heterocycles. The molecule has 1 unspecified atom stereocenters.